The lowest BCUT2D eigenvalue weighted by Crippen LogP contribution is -2.58. The second-order valence-electron chi connectivity index (χ2n) is 16.1. The van der Waals surface area contributed by atoms with Crippen LogP contribution in [0.1, 0.15) is 70.4 Å². The van der Waals surface area contributed by atoms with Crippen LogP contribution < -0.4 is 0 Å². The third-order valence-corrected chi connectivity index (χ3v) is 11.8. The molecule has 2 aliphatic rings. The summed E-state index contributed by atoms with van der Waals surface area (Å²) in [6.07, 6.45) is 0.0649. The van der Waals surface area contributed by atoms with Crippen molar-refractivity contribution in [3.05, 3.63) is 213 Å². The zero-order valence-corrected chi connectivity index (χ0v) is 35.4. The Labute approximate surface area is 365 Å². The van der Waals surface area contributed by atoms with Crippen molar-refractivity contribution in [3.8, 4) is 0 Å². The smallest absolute Gasteiger partial charge is 0.219 e. The molecule has 61 heavy (non-hydrogen) atoms. The van der Waals surface area contributed by atoms with E-state index in [1.54, 1.807) is 6.92 Å². The van der Waals surface area contributed by atoms with Gasteiger partial charge in [-0.3, -0.25) is 4.79 Å². The van der Waals surface area contributed by atoms with Gasteiger partial charge in [0, 0.05) is 24.5 Å². The van der Waals surface area contributed by atoms with Crippen molar-refractivity contribution < 1.29 is 28.5 Å². The van der Waals surface area contributed by atoms with Crippen LogP contribution in [0.4, 0.5) is 0 Å². The largest absolute Gasteiger partial charge is 0.374 e. The monoisotopic (exact) mass is 835 g/mol. The highest BCUT2D eigenvalue weighted by Crippen LogP contribution is 2.40. The topological polar surface area (TPSA) is 66.5 Å². The van der Waals surface area contributed by atoms with Crippen LogP contribution in [-0.4, -0.2) is 47.9 Å². The number of hydrogen-bond donors (Lipinski definition) is 0. The summed E-state index contributed by atoms with van der Waals surface area (Å²) in [5, 5.41) is 0.672. The van der Waals surface area contributed by atoms with E-state index < -0.39 is 30.5 Å². The summed E-state index contributed by atoms with van der Waals surface area (Å²) in [7, 11) is 0. The van der Waals surface area contributed by atoms with Crippen molar-refractivity contribution in [1.29, 1.82) is 0 Å². The van der Waals surface area contributed by atoms with Crippen LogP contribution in [0, 0.1) is 0 Å². The third-order valence-electron chi connectivity index (χ3n) is 11.4. The van der Waals surface area contributed by atoms with E-state index in [1.807, 2.05) is 89.8 Å². The molecule has 0 N–H and O–H groups in total. The quantitative estimate of drug-likeness (QED) is 0.0810. The molecule has 0 bridgehead atoms. The van der Waals surface area contributed by atoms with Crippen molar-refractivity contribution in [2.45, 2.75) is 95.7 Å². The van der Waals surface area contributed by atoms with E-state index in [-0.39, 0.29) is 12.5 Å². The minimum Gasteiger partial charge on any atom is -0.374 e. The van der Waals surface area contributed by atoms with E-state index >= 15 is 0 Å². The summed E-state index contributed by atoms with van der Waals surface area (Å²) in [5.41, 5.74) is 8.36. The molecule has 1 unspecified atom stereocenters. The molecule has 5 atom stereocenters. The summed E-state index contributed by atoms with van der Waals surface area (Å²) in [4.78, 5) is 14.3. The minimum absolute atomic E-state index is 0.123. The Hall–Kier alpha value is -5.12. The van der Waals surface area contributed by atoms with Crippen LogP contribution in [0.3, 0.4) is 0 Å². The number of ether oxygens (including phenoxy) is 5. The van der Waals surface area contributed by atoms with Gasteiger partial charge in [-0.15, -0.1) is 0 Å². The fraction of sp³-hybridized carbons (Fsp3) is 0.302. The van der Waals surface area contributed by atoms with Crippen LogP contribution >= 0.6 is 11.6 Å². The lowest BCUT2D eigenvalue weighted by atomic mass is 9.89. The Kier molecular flexibility index (Phi) is 14.7. The molecular weight excluding hydrogens is 782 g/mol. The molecule has 7 nitrogen and oxygen atoms in total. The van der Waals surface area contributed by atoms with E-state index in [0.717, 1.165) is 57.3 Å². The predicted octanol–water partition coefficient (Wildman–Crippen LogP) is 10.9. The number of hydrogen-bond acceptors (Lipinski definition) is 6. The first kappa shape index (κ1) is 42.6. The Balaban J connectivity index is 1.12. The number of nitrogens with zero attached hydrogens (tertiary/aromatic N) is 1. The summed E-state index contributed by atoms with van der Waals surface area (Å²) < 4.78 is 34.5. The van der Waals surface area contributed by atoms with Crippen LogP contribution in [-0.2, 0) is 67.9 Å². The van der Waals surface area contributed by atoms with Gasteiger partial charge in [0.25, 0.3) is 0 Å². The number of carbonyl (C=O) groups excluding carboxylic acids is 1. The van der Waals surface area contributed by atoms with E-state index in [1.165, 1.54) is 0 Å². The molecule has 0 aromatic heterocycles. The van der Waals surface area contributed by atoms with Gasteiger partial charge in [0.15, 0.2) is 0 Å². The average Bonchev–Trinajstić information content (AvgIpc) is 4.15. The molecule has 1 saturated heterocycles. The van der Waals surface area contributed by atoms with Crippen molar-refractivity contribution in [2.24, 2.45) is 0 Å². The van der Waals surface area contributed by atoms with Gasteiger partial charge in [0.2, 0.25) is 5.91 Å². The lowest BCUT2D eigenvalue weighted by Gasteiger charge is -2.46. The maximum absolute atomic E-state index is 12.3. The molecule has 1 amide bonds. The zero-order valence-electron chi connectivity index (χ0n) is 34.7. The molecule has 8 rings (SSSR count). The number of benzene rings is 6. The van der Waals surface area contributed by atoms with Gasteiger partial charge in [-0.2, -0.15) is 0 Å². The molecule has 1 saturated carbocycles. The zero-order chi connectivity index (χ0) is 41.8. The number of rotatable bonds is 19. The second-order valence-corrected chi connectivity index (χ2v) is 16.5. The standard InChI is InChI=1S/C53H54ClNO6/c1-38(56)55(47-27-28-47)32-40-24-22-39(23-25-40)30-46-31-45(26-29-48(46)54)50-52(59-35-43-18-10-4-11-19-43)53(60-36-44-20-12-5-13-21-44)51(58-34-42-16-8-3-9-17-42)49(61-50)37-57-33-41-14-6-2-7-15-41/h2-26,29,31,47,49-53H,27-28,30,32-37H2,1H3/t49-,50+,51?,52+,53+/m1/s1. The number of halogens is 1. The highest BCUT2D eigenvalue weighted by molar-refractivity contribution is 6.31. The maximum atomic E-state index is 12.3. The Morgan fingerprint density at radius 1 is 0.590 bits per heavy atom. The Bertz CT molecular complexity index is 2260. The fourth-order valence-corrected chi connectivity index (χ4v) is 8.21. The SMILES string of the molecule is CC(=O)N(Cc1ccc(Cc2cc([C@@H]3O[C@H](COCc4ccccc4)C(OCc4ccccc4)[C@H](OCc4ccccc4)[C@H]3OCc3ccccc3)ccc2Cl)cc1)C1CC1. The van der Waals surface area contributed by atoms with E-state index in [4.69, 9.17) is 35.3 Å². The Morgan fingerprint density at radius 2 is 1.08 bits per heavy atom. The van der Waals surface area contributed by atoms with Gasteiger partial charge in [-0.05, 0) is 69.8 Å². The van der Waals surface area contributed by atoms with Gasteiger partial charge in [-0.1, -0.05) is 169 Å². The number of carbonyl (C=O) groups is 1. The van der Waals surface area contributed by atoms with E-state index in [2.05, 4.69) is 78.9 Å². The molecule has 0 radical (unpaired) electrons. The van der Waals surface area contributed by atoms with E-state index in [0.29, 0.717) is 50.5 Å². The summed E-state index contributed by atoms with van der Waals surface area (Å²) in [6.45, 7) is 4.06. The van der Waals surface area contributed by atoms with Gasteiger partial charge >= 0.3 is 0 Å². The molecular formula is C53H54ClNO6. The van der Waals surface area contributed by atoms with Crippen LogP contribution in [0.15, 0.2) is 164 Å². The summed E-state index contributed by atoms with van der Waals surface area (Å²) in [5.74, 6) is 0.123. The molecule has 6 aromatic rings. The molecule has 8 heteroatoms. The molecule has 1 heterocycles. The van der Waals surface area contributed by atoms with Crippen LogP contribution in [0.5, 0.6) is 0 Å². The lowest BCUT2D eigenvalue weighted by molar-refractivity contribution is -0.275. The first-order chi connectivity index (χ1) is 30.0. The highest BCUT2D eigenvalue weighted by Gasteiger charge is 2.49. The number of amides is 1. The maximum Gasteiger partial charge on any atom is 0.219 e. The first-order valence-electron chi connectivity index (χ1n) is 21.3. The summed E-state index contributed by atoms with van der Waals surface area (Å²) in [6, 6.07) is 55.7. The first-order valence-corrected chi connectivity index (χ1v) is 21.7. The average molecular weight is 836 g/mol. The molecule has 0 spiro atoms. The van der Waals surface area contributed by atoms with Crippen LogP contribution in [0.2, 0.25) is 5.02 Å². The normalized spacial score (nSPS) is 20.0. The second kappa shape index (κ2) is 21.1. The molecule has 6 aromatic carbocycles. The van der Waals surface area contributed by atoms with Crippen molar-refractivity contribution in [1.82, 2.24) is 4.90 Å². The summed E-state index contributed by atoms with van der Waals surface area (Å²) >= 11 is 6.98. The van der Waals surface area contributed by atoms with Crippen molar-refractivity contribution in [2.75, 3.05) is 6.61 Å². The van der Waals surface area contributed by atoms with Crippen LogP contribution in [0.25, 0.3) is 0 Å². The van der Waals surface area contributed by atoms with Gasteiger partial charge in [0.05, 0.1) is 33.0 Å². The van der Waals surface area contributed by atoms with Crippen molar-refractivity contribution in [3.63, 3.8) is 0 Å². The molecule has 1 aliphatic heterocycles. The van der Waals surface area contributed by atoms with E-state index in [9.17, 15) is 4.79 Å². The third kappa shape index (κ3) is 11.8. The molecule has 314 valence electrons. The highest BCUT2D eigenvalue weighted by atomic mass is 35.5. The molecule has 1 aliphatic carbocycles. The van der Waals surface area contributed by atoms with Gasteiger partial charge in [0.1, 0.15) is 30.5 Å². The predicted molar refractivity (Wildman–Crippen MR) is 239 cm³/mol. The Morgan fingerprint density at radius 3 is 1.61 bits per heavy atom. The van der Waals surface area contributed by atoms with Gasteiger partial charge < -0.3 is 28.6 Å². The van der Waals surface area contributed by atoms with Gasteiger partial charge in [-0.25, -0.2) is 0 Å². The minimum atomic E-state index is -0.570. The molecule has 2 fully saturated rings. The van der Waals surface area contributed by atoms with Crippen molar-refractivity contribution >= 4 is 17.5 Å². The fourth-order valence-electron chi connectivity index (χ4n) is 8.03.